The first-order valence-corrected chi connectivity index (χ1v) is 9.45. The average Bonchev–Trinajstić information content (AvgIpc) is 3.09. The Hall–Kier alpha value is -3.18. The van der Waals surface area contributed by atoms with Gasteiger partial charge >= 0.3 is 0 Å². The number of hydrogen-bond donors (Lipinski definition) is 2. The van der Waals surface area contributed by atoms with Crippen LogP contribution in [0, 0.1) is 11.6 Å². The predicted octanol–water partition coefficient (Wildman–Crippen LogP) is 5.81. The molecule has 4 rings (SSSR count). The van der Waals surface area contributed by atoms with Gasteiger partial charge in [-0.25, -0.2) is 8.78 Å². The minimum atomic E-state index is -0.694. The van der Waals surface area contributed by atoms with Crippen molar-refractivity contribution in [1.82, 2.24) is 10.3 Å². The molecular formula is C23H17ClF2N2O. The predicted molar refractivity (Wildman–Crippen MR) is 110 cm³/mol. The standard InChI is InChI=1S/C23H17ClF2N2O/c24-17-6-7-21-20(11-17)16(13-27-21)10-22(15-8-18(25)12-19(26)9-15)28-23(29)14-4-2-1-3-5-14/h1-9,11-13,22,27H,10H2,(H,28,29). The second-order valence-electron chi connectivity index (χ2n) is 6.80. The quantitative estimate of drug-likeness (QED) is 0.428. The second-order valence-corrected chi connectivity index (χ2v) is 7.24. The first-order valence-electron chi connectivity index (χ1n) is 9.07. The van der Waals surface area contributed by atoms with Crippen LogP contribution >= 0.6 is 11.6 Å². The number of carbonyl (C=O) groups excluding carboxylic acids is 1. The first-order chi connectivity index (χ1) is 14.0. The van der Waals surface area contributed by atoms with E-state index in [2.05, 4.69) is 10.3 Å². The highest BCUT2D eigenvalue weighted by Gasteiger charge is 2.20. The summed E-state index contributed by atoms with van der Waals surface area (Å²) < 4.78 is 27.7. The van der Waals surface area contributed by atoms with Crippen LogP contribution in [0.5, 0.6) is 0 Å². The van der Waals surface area contributed by atoms with Crippen molar-refractivity contribution in [3.8, 4) is 0 Å². The smallest absolute Gasteiger partial charge is 0.251 e. The van der Waals surface area contributed by atoms with Crippen LogP contribution in [0.15, 0.2) is 72.9 Å². The molecule has 1 unspecified atom stereocenters. The molecule has 4 aromatic rings. The van der Waals surface area contributed by atoms with Crippen LogP contribution in [0.1, 0.15) is 27.5 Å². The Labute approximate surface area is 171 Å². The van der Waals surface area contributed by atoms with E-state index >= 15 is 0 Å². The number of H-pyrrole nitrogens is 1. The van der Waals surface area contributed by atoms with E-state index in [4.69, 9.17) is 11.6 Å². The van der Waals surface area contributed by atoms with Gasteiger partial charge in [0.05, 0.1) is 6.04 Å². The highest BCUT2D eigenvalue weighted by atomic mass is 35.5. The molecule has 3 aromatic carbocycles. The largest absolute Gasteiger partial charge is 0.361 e. The Bertz CT molecular complexity index is 1150. The van der Waals surface area contributed by atoms with Crippen LogP contribution in [0.2, 0.25) is 5.02 Å². The van der Waals surface area contributed by atoms with Gasteiger partial charge in [0.25, 0.3) is 5.91 Å². The highest BCUT2D eigenvalue weighted by molar-refractivity contribution is 6.31. The number of fused-ring (bicyclic) bond motifs is 1. The minimum absolute atomic E-state index is 0.321. The number of benzene rings is 3. The van der Waals surface area contributed by atoms with E-state index in [9.17, 15) is 13.6 Å². The van der Waals surface area contributed by atoms with Gasteiger partial charge in [0, 0.05) is 33.8 Å². The van der Waals surface area contributed by atoms with Gasteiger partial charge in [0.15, 0.2) is 0 Å². The molecule has 1 atom stereocenters. The average molecular weight is 411 g/mol. The number of hydrogen-bond acceptors (Lipinski definition) is 1. The third-order valence-corrected chi connectivity index (χ3v) is 5.02. The Morgan fingerprint density at radius 1 is 1.00 bits per heavy atom. The van der Waals surface area contributed by atoms with E-state index in [-0.39, 0.29) is 5.91 Å². The lowest BCUT2D eigenvalue weighted by Crippen LogP contribution is -2.30. The number of aromatic nitrogens is 1. The molecule has 2 N–H and O–H groups in total. The first kappa shape index (κ1) is 19.2. The maximum atomic E-state index is 13.9. The molecule has 1 amide bonds. The molecule has 3 nitrogen and oxygen atoms in total. The third-order valence-electron chi connectivity index (χ3n) is 4.78. The van der Waals surface area contributed by atoms with Gasteiger partial charge in [-0.15, -0.1) is 0 Å². The van der Waals surface area contributed by atoms with Crippen molar-refractivity contribution in [3.63, 3.8) is 0 Å². The Morgan fingerprint density at radius 2 is 1.72 bits per heavy atom. The van der Waals surface area contributed by atoms with Crippen LogP contribution in [0.3, 0.4) is 0 Å². The molecule has 0 saturated heterocycles. The molecule has 0 aliphatic rings. The molecule has 0 saturated carbocycles. The number of halogens is 3. The molecule has 0 aliphatic heterocycles. The summed E-state index contributed by atoms with van der Waals surface area (Å²) in [5.41, 5.74) is 2.59. The van der Waals surface area contributed by atoms with Gasteiger partial charge in [0.1, 0.15) is 11.6 Å². The van der Waals surface area contributed by atoms with E-state index < -0.39 is 17.7 Å². The van der Waals surface area contributed by atoms with Gasteiger partial charge in [-0.3, -0.25) is 4.79 Å². The fraction of sp³-hybridized carbons (Fsp3) is 0.0870. The molecular weight excluding hydrogens is 394 g/mol. The fourth-order valence-electron chi connectivity index (χ4n) is 3.40. The summed E-state index contributed by atoms with van der Waals surface area (Å²) in [5.74, 6) is -1.71. The molecule has 29 heavy (non-hydrogen) atoms. The number of nitrogens with one attached hydrogen (secondary N) is 2. The molecule has 0 bridgehead atoms. The molecule has 0 fully saturated rings. The summed E-state index contributed by atoms with van der Waals surface area (Å²) in [6, 6.07) is 16.8. The van der Waals surface area contributed by atoms with Crippen molar-refractivity contribution < 1.29 is 13.6 Å². The number of aromatic amines is 1. The summed E-state index contributed by atoms with van der Waals surface area (Å²) in [7, 11) is 0. The van der Waals surface area contributed by atoms with Crippen molar-refractivity contribution in [2.75, 3.05) is 0 Å². The maximum Gasteiger partial charge on any atom is 0.251 e. The van der Waals surface area contributed by atoms with Crippen LogP contribution in [0.25, 0.3) is 10.9 Å². The zero-order chi connectivity index (χ0) is 20.4. The zero-order valence-electron chi connectivity index (χ0n) is 15.3. The van der Waals surface area contributed by atoms with Gasteiger partial charge in [-0.05, 0) is 60.0 Å². The molecule has 1 heterocycles. The third kappa shape index (κ3) is 4.30. The van der Waals surface area contributed by atoms with Crippen LogP contribution in [-0.2, 0) is 6.42 Å². The fourth-order valence-corrected chi connectivity index (χ4v) is 3.57. The van der Waals surface area contributed by atoms with E-state index in [0.29, 0.717) is 22.6 Å². The van der Waals surface area contributed by atoms with E-state index in [1.807, 2.05) is 24.4 Å². The van der Waals surface area contributed by atoms with Crippen LogP contribution in [0.4, 0.5) is 8.78 Å². The monoisotopic (exact) mass is 410 g/mol. The van der Waals surface area contributed by atoms with E-state index in [1.54, 1.807) is 30.3 Å². The maximum absolute atomic E-state index is 13.9. The van der Waals surface area contributed by atoms with Crippen LogP contribution in [-0.4, -0.2) is 10.9 Å². The molecule has 1 aromatic heterocycles. The Balaban J connectivity index is 1.71. The lowest BCUT2D eigenvalue weighted by Gasteiger charge is -2.20. The van der Waals surface area contributed by atoms with E-state index in [1.165, 1.54) is 12.1 Å². The number of carbonyl (C=O) groups is 1. The minimum Gasteiger partial charge on any atom is -0.361 e. The zero-order valence-corrected chi connectivity index (χ0v) is 16.0. The van der Waals surface area contributed by atoms with Crippen molar-refractivity contribution in [1.29, 1.82) is 0 Å². The summed E-state index contributed by atoms with van der Waals surface area (Å²) >= 11 is 6.12. The molecule has 0 spiro atoms. The molecule has 0 aliphatic carbocycles. The summed E-state index contributed by atoms with van der Waals surface area (Å²) in [5, 5.41) is 4.38. The molecule has 146 valence electrons. The summed E-state index contributed by atoms with van der Waals surface area (Å²) in [6.07, 6.45) is 2.15. The second kappa shape index (κ2) is 8.05. The lowest BCUT2D eigenvalue weighted by atomic mass is 9.97. The van der Waals surface area contributed by atoms with Crippen molar-refractivity contribution in [2.24, 2.45) is 0 Å². The summed E-state index contributed by atoms with van der Waals surface area (Å²) in [4.78, 5) is 15.9. The van der Waals surface area contributed by atoms with Crippen molar-refractivity contribution >= 4 is 28.4 Å². The Kier molecular flexibility index (Phi) is 5.32. The van der Waals surface area contributed by atoms with Crippen molar-refractivity contribution in [3.05, 3.63) is 106 Å². The topological polar surface area (TPSA) is 44.9 Å². The number of amides is 1. The van der Waals surface area contributed by atoms with Gasteiger partial charge < -0.3 is 10.3 Å². The molecule has 0 radical (unpaired) electrons. The lowest BCUT2D eigenvalue weighted by molar-refractivity contribution is 0.0936. The van der Waals surface area contributed by atoms with E-state index in [0.717, 1.165) is 22.5 Å². The summed E-state index contributed by atoms with van der Waals surface area (Å²) in [6.45, 7) is 0. The normalized spacial score (nSPS) is 12.1. The Morgan fingerprint density at radius 3 is 2.45 bits per heavy atom. The SMILES string of the molecule is O=C(NC(Cc1c[nH]c2ccc(Cl)cc12)c1cc(F)cc(F)c1)c1ccccc1. The van der Waals surface area contributed by atoms with Crippen LogP contribution < -0.4 is 5.32 Å². The molecule has 6 heteroatoms. The van der Waals surface area contributed by atoms with Gasteiger partial charge in [-0.2, -0.15) is 0 Å². The van der Waals surface area contributed by atoms with Gasteiger partial charge in [0.2, 0.25) is 0 Å². The van der Waals surface area contributed by atoms with Gasteiger partial charge in [-0.1, -0.05) is 29.8 Å². The highest BCUT2D eigenvalue weighted by Crippen LogP contribution is 2.28. The van der Waals surface area contributed by atoms with Crippen molar-refractivity contribution in [2.45, 2.75) is 12.5 Å². The number of rotatable bonds is 5.